The number of hydrogen-bond donors (Lipinski definition) is 2. The quantitative estimate of drug-likeness (QED) is 0.564. The van der Waals surface area contributed by atoms with Gasteiger partial charge in [0.15, 0.2) is 0 Å². The van der Waals surface area contributed by atoms with Crippen molar-refractivity contribution in [2.75, 3.05) is 24.7 Å². The first-order chi connectivity index (χ1) is 11.2. The standard InChI is InChI=1S/C17H19ClN2O2S/c1-22-16-9-8-13(12-15(16)18)20-17(21)19-10-5-11-23-14-6-3-2-4-7-14/h2-4,6-9,12H,5,10-11H2,1H3,(H2,19,20,21). The number of methoxy groups -OCH3 is 1. The highest BCUT2D eigenvalue weighted by atomic mass is 35.5. The zero-order valence-electron chi connectivity index (χ0n) is 12.8. The topological polar surface area (TPSA) is 50.4 Å². The van der Waals surface area contributed by atoms with Crippen molar-refractivity contribution < 1.29 is 9.53 Å². The summed E-state index contributed by atoms with van der Waals surface area (Å²) in [6, 6.07) is 15.1. The van der Waals surface area contributed by atoms with Crippen molar-refractivity contribution in [2.45, 2.75) is 11.3 Å². The van der Waals surface area contributed by atoms with Gasteiger partial charge in [0.2, 0.25) is 0 Å². The Morgan fingerprint density at radius 1 is 1.22 bits per heavy atom. The van der Waals surface area contributed by atoms with Gasteiger partial charge in [-0.1, -0.05) is 29.8 Å². The maximum Gasteiger partial charge on any atom is 0.319 e. The smallest absolute Gasteiger partial charge is 0.319 e. The van der Waals surface area contributed by atoms with Crippen LogP contribution in [0.15, 0.2) is 53.4 Å². The number of anilines is 1. The number of benzene rings is 2. The van der Waals surface area contributed by atoms with Gasteiger partial charge in [-0.2, -0.15) is 0 Å². The number of ether oxygens (including phenoxy) is 1. The molecule has 0 bridgehead atoms. The zero-order valence-corrected chi connectivity index (χ0v) is 14.4. The summed E-state index contributed by atoms with van der Waals surface area (Å²) in [6.07, 6.45) is 0.899. The van der Waals surface area contributed by atoms with Crippen LogP contribution in [0.5, 0.6) is 5.75 Å². The molecule has 2 amide bonds. The second-order valence-electron chi connectivity index (χ2n) is 4.75. The molecule has 2 aromatic carbocycles. The van der Waals surface area contributed by atoms with Gasteiger partial charge in [0.1, 0.15) is 5.75 Å². The Morgan fingerprint density at radius 3 is 2.70 bits per heavy atom. The third-order valence-corrected chi connectivity index (χ3v) is 4.42. The predicted molar refractivity (Wildman–Crippen MR) is 96.8 cm³/mol. The number of nitrogens with one attached hydrogen (secondary N) is 2. The van der Waals surface area contributed by atoms with E-state index in [0.717, 1.165) is 12.2 Å². The Bertz CT molecular complexity index is 638. The molecule has 2 aromatic rings. The number of amides is 2. The van der Waals surface area contributed by atoms with E-state index in [1.807, 2.05) is 18.2 Å². The molecule has 0 heterocycles. The molecule has 0 spiro atoms. The molecular formula is C17H19ClN2O2S. The van der Waals surface area contributed by atoms with E-state index in [1.165, 1.54) is 4.90 Å². The average molecular weight is 351 g/mol. The van der Waals surface area contributed by atoms with Crippen LogP contribution < -0.4 is 15.4 Å². The highest BCUT2D eigenvalue weighted by Crippen LogP contribution is 2.27. The van der Waals surface area contributed by atoms with Crippen molar-refractivity contribution in [3.63, 3.8) is 0 Å². The Hall–Kier alpha value is -1.85. The van der Waals surface area contributed by atoms with Gasteiger partial charge in [0.05, 0.1) is 12.1 Å². The summed E-state index contributed by atoms with van der Waals surface area (Å²) < 4.78 is 5.07. The summed E-state index contributed by atoms with van der Waals surface area (Å²) in [4.78, 5) is 13.0. The van der Waals surface area contributed by atoms with E-state index in [-0.39, 0.29) is 6.03 Å². The Labute approximate surface area is 145 Å². The highest BCUT2D eigenvalue weighted by Gasteiger charge is 2.05. The second kappa shape index (κ2) is 9.33. The van der Waals surface area contributed by atoms with E-state index in [9.17, 15) is 4.79 Å². The third kappa shape index (κ3) is 6.04. The summed E-state index contributed by atoms with van der Waals surface area (Å²) in [7, 11) is 1.55. The van der Waals surface area contributed by atoms with E-state index >= 15 is 0 Å². The Morgan fingerprint density at radius 2 is 2.00 bits per heavy atom. The number of carbonyl (C=O) groups excluding carboxylic acids is 1. The summed E-state index contributed by atoms with van der Waals surface area (Å²) in [5.74, 6) is 1.54. The fourth-order valence-electron chi connectivity index (χ4n) is 1.90. The van der Waals surface area contributed by atoms with E-state index < -0.39 is 0 Å². The minimum Gasteiger partial charge on any atom is -0.495 e. The molecule has 0 unspecified atom stereocenters. The lowest BCUT2D eigenvalue weighted by Crippen LogP contribution is -2.29. The molecule has 0 radical (unpaired) electrons. The maximum absolute atomic E-state index is 11.8. The summed E-state index contributed by atoms with van der Waals surface area (Å²) in [6.45, 7) is 0.621. The number of rotatable bonds is 7. The number of halogens is 1. The number of hydrogen-bond acceptors (Lipinski definition) is 3. The van der Waals surface area contributed by atoms with Crippen LogP contribution in [0, 0.1) is 0 Å². The molecule has 0 aliphatic rings. The Balaban J connectivity index is 1.66. The molecule has 23 heavy (non-hydrogen) atoms. The van der Waals surface area contributed by atoms with Crippen molar-refractivity contribution in [3.8, 4) is 5.75 Å². The van der Waals surface area contributed by atoms with Crippen LogP contribution in [-0.4, -0.2) is 25.4 Å². The monoisotopic (exact) mass is 350 g/mol. The second-order valence-corrected chi connectivity index (χ2v) is 6.32. The van der Waals surface area contributed by atoms with Crippen LogP contribution in [0.1, 0.15) is 6.42 Å². The van der Waals surface area contributed by atoms with E-state index in [4.69, 9.17) is 16.3 Å². The fraction of sp³-hybridized carbons (Fsp3) is 0.235. The first kappa shape index (κ1) is 17.5. The number of carbonyl (C=O) groups is 1. The average Bonchev–Trinajstić information content (AvgIpc) is 2.56. The van der Waals surface area contributed by atoms with Crippen molar-refractivity contribution in [1.82, 2.24) is 5.32 Å². The van der Waals surface area contributed by atoms with Gasteiger partial charge in [-0.25, -0.2) is 4.79 Å². The van der Waals surface area contributed by atoms with Crippen molar-refractivity contribution >= 4 is 35.1 Å². The summed E-state index contributed by atoms with van der Waals surface area (Å²) >= 11 is 7.80. The highest BCUT2D eigenvalue weighted by molar-refractivity contribution is 7.99. The van der Waals surface area contributed by atoms with Gasteiger partial charge in [-0.3, -0.25) is 0 Å². The van der Waals surface area contributed by atoms with Gasteiger partial charge in [0.25, 0.3) is 0 Å². The van der Waals surface area contributed by atoms with Gasteiger partial charge in [0, 0.05) is 17.1 Å². The molecule has 0 saturated carbocycles. The molecule has 6 heteroatoms. The molecule has 0 saturated heterocycles. The van der Waals surface area contributed by atoms with Crippen molar-refractivity contribution in [2.24, 2.45) is 0 Å². The predicted octanol–water partition coefficient (Wildman–Crippen LogP) is 4.65. The van der Waals surface area contributed by atoms with Gasteiger partial charge < -0.3 is 15.4 Å². The first-order valence-corrected chi connectivity index (χ1v) is 8.61. The fourth-order valence-corrected chi connectivity index (χ4v) is 3.03. The van der Waals surface area contributed by atoms with Gasteiger partial charge in [-0.05, 0) is 42.5 Å². The normalized spacial score (nSPS) is 10.2. The Kier molecular flexibility index (Phi) is 7.10. The van der Waals surface area contributed by atoms with Gasteiger partial charge in [-0.15, -0.1) is 11.8 Å². The van der Waals surface area contributed by atoms with Crippen LogP contribution in [0.3, 0.4) is 0 Å². The molecule has 122 valence electrons. The van der Waals surface area contributed by atoms with E-state index in [0.29, 0.717) is 23.0 Å². The largest absolute Gasteiger partial charge is 0.495 e. The molecule has 4 nitrogen and oxygen atoms in total. The number of thioether (sulfide) groups is 1. The summed E-state index contributed by atoms with van der Waals surface area (Å²) in [5.41, 5.74) is 0.631. The van der Waals surface area contributed by atoms with Crippen LogP contribution in [0.2, 0.25) is 5.02 Å². The lowest BCUT2D eigenvalue weighted by Gasteiger charge is -2.09. The van der Waals surface area contributed by atoms with Crippen molar-refractivity contribution in [3.05, 3.63) is 53.6 Å². The molecule has 0 aliphatic carbocycles. The molecule has 2 rings (SSSR count). The molecule has 0 aliphatic heterocycles. The molecular weight excluding hydrogens is 332 g/mol. The van der Waals surface area contributed by atoms with Crippen LogP contribution in [-0.2, 0) is 0 Å². The number of urea groups is 1. The summed E-state index contributed by atoms with van der Waals surface area (Å²) in [5, 5.41) is 6.04. The van der Waals surface area contributed by atoms with E-state index in [1.54, 1.807) is 37.1 Å². The third-order valence-electron chi connectivity index (χ3n) is 3.03. The van der Waals surface area contributed by atoms with Crippen LogP contribution in [0.25, 0.3) is 0 Å². The molecule has 0 aromatic heterocycles. The minimum atomic E-state index is -0.240. The van der Waals surface area contributed by atoms with Crippen LogP contribution in [0.4, 0.5) is 10.5 Å². The van der Waals surface area contributed by atoms with Gasteiger partial charge >= 0.3 is 6.03 Å². The SMILES string of the molecule is COc1ccc(NC(=O)NCCCSc2ccccc2)cc1Cl. The minimum absolute atomic E-state index is 0.240. The molecule has 0 atom stereocenters. The van der Waals surface area contributed by atoms with E-state index in [2.05, 4.69) is 22.8 Å². The molecule has 2 N–H and O–H groups in total. The zero-order chi connectivity index (χ0) is 16.5. The maximum atomic E-state index is 11.8. The first-order valence-electron chi connectivity index (χ1n) is 7.25. The van der Waals surface area contributed by atoms with Crippen LogP contribution >= 0.6 is 23.4 Å². The lowest BCUT2D eigenvalue weighted by molar-refractivity contribution is 0.252. The molecule has 0 fully saturated rings. The van der Waals surface area contributed by atoms with Crippen molar-refractivity contribution in [1.29, 1.82) is 0 Å². The lowest BCUT2D eigenvalue weighted by atomic mass is 10.3.